The van der Waals surface area contributed by atoms with E-state index in [0.717, 1.165) is 18.9 Å². The second-order valence-electron chi connectivity index (χ2n) is 7.24. The van der Waals surface area contributed by atoms with Crippen LogP contribution < -0.4 is 4.74 Å². The molecule has 134 valence electrons. The fourth-order valence-corrected chi connectivity index (χ4v) is 3.72. The molecule has 3 heteroatoms. The van der Waals surface area contributed by atoms with Gasteiger partial charge in [-0.25, -0.2) is 0 Å². The summed E-state index contributed by atoms with van der Waals surface area (Å²) in [5, 5.41) is 9.43. The molecule has 1 N–H and O–H groups in total. The molecule has 25 heavy (non-hydrogen) atoms. The molecule has 0 aliphatic heterocycles. The van der Waals surface area contributed by atoms with Crippen molar-refractivity contribution in [3.8, 4) is 11.5 Å². The molecule has 0 radical (unpaired) electrons. The fourth-order valence-electron chi connectivity index (χ4n) is 3.72. The van der Waals surface area contributed by atoms with E-state index >= 15 is 0 Å². The summed E-state index contributed by atoms with van der Waals surface area (Å²) in [6.45, 7) is 3.78. The lowest BCUT2D eigenvalue weighted by Crippen LogP contribution is -2.37. The van der Waals surface area contributed by atoms with Gasteiger partial charge in [-0.3, -0.25) is 0 Å². The summed E-state index contributed by atoms with van der Waals surface area (Å²) in [6.07, 6.45) is 4.90. The van der Waals surface area contributed by atoms with Gasteiger partial charge in [-0.2, -0.15) is 0 Å². The zero-order valence-corrected chi connectivity index (χ0v) is 15.3. The van der Waals surface area contributed by atoms with E-state index in [0.29, 0.717) is 17.7 Å². The van der Waals surface area contributed by atoms with E-state index in [1.807, 2.05) is 12.1 Å². The van der Waals surface area contributed by atoms with Crippen LogP contribution in [0.2, 0.25) is 0 Å². The Morgan fingerprint density at radius 3 is 2.24 bits per heavy atom. The Kier molecular flexibility index (Phi) is 5.98. The minimum atomic E-state index is 0.353. The Morgan fingerprint density at radius 2 is 1.60 bits per heavy atom. The average molecular weight is 339 g/mol. The summed E-state index contributed by atoms with van der Waals surface area (Å²) in [6, 6.07) is 16.6. The van der Waals surface area contributed by atoms with Gasteiger partial charge in [0.05, 0.1) is 0 Å². The summed E-state index contributed by atoms with van der Waals surface area (Å²) in [7, 11) is 2.21. The van der Waals surface area contributed by atoms with Crippen LogP contribution in [-0.4, -0.2) is 36.2 Å². The lowest BCUT2D eigenvalue weighted by atomic mass is 9.81. The second kappa shape index (κ2) is 8.39. The van der Waals surface area contributed by atoms with Crippen molar-refractivity contribution < 1.29 is 9.84 Å². The number of likely N-dealkylation sites (N-methyl/N-ethyl adjacent to an activating group) is 1. The lowest BCUT2D eigenvalue weighted by molar-refractivity contribution is 0.154. The number of benzene rings is 2. The highest BCUT2D eigenvalue weighted by Gasteiger charge is 2.24. The molecular weight excluding hydrogens is 310 g/mol. The van der Waals surface area contributed by atoms with E-state index in [2.05, 4.69) is 43.1 Å². The normalized spacial score (nSPS) is 20.6. The first-order valence-electron chi connectivity index (χ1n) is 9.30. The number of rotatable bonds is 6. The Hall–Kier alpha value is -2.00. The number of hydrogen-bond acceptors (Lipinski definition) is 3. The standard InChI is InChI=1S/C22H29NO2/c1-17-3-13-22(14-4-17)25-16-15-23(2)20-9-5-18(6-10-20)19-7-11-21(24)12-8-19/h3-4,7-8,11-14,18,20,24H,5-6,9-10,15-16H2,1-2H3. The van der Waals surface area contributed by atoms with Crippen LogP contribution in [0.5, 0.6) is 11.5 Å². The summed E-state index contributed by atoms with van der Waals surface area (Å²) in [4.78, 5) is 2.45. The van der Waals surface area contributed by atoms with Gasteiger partial charge in [-0.1, -0.05) is 29.8 Å². The van der Waals surface area contributed by atoms with E-state index in [-0.39, 0.29) is 0 Å². The largest absolute Gasteiger partial charge is 0.508 e. The Bertz CT molecular complexity index is 643. The number of phenols is 1. The van der Waals surface area contributed by atoms with Crippen molar-refractivity contribution in [3.05, 3.63) is 59.7 Å². The van der Waals surface area contributed by atoms with Gasteiger partial charge in [0.15, 0.2) is 0 Å². The first kappa shape index (κ1) is 17.8. The van der Waals surface area contributed by atoms with E-state index in [4.69, 9.17) is 4.74 Å². The van der Waals surface area contributed by atoms with Crippen molar-refractivity contribution in [2.45, 2.75) is 44.6 Å². The monoisotopic (exact) mass is 339 g/mol. The molecule has 0 spiro atoms. The average Bonchev–Trinajstić information content (AvgIpc) is 2.64. The Balaban J connectivity index is 1.41. The van der Waals surface area contributed by atoms with Gasteiger partial charge >= 0.3 is 0 Å². The highest BCUT2D eigenvalue weighted by atomic mass is 16.5. The van der Waals surface area contributed by atoms with Crippen LogP contribution >= 0.6 is 0 Å². The molecule has 1 saturated carbocycles. The number of aromatic hydroxyl groups is 1. The zero-order valence-electron chi connectivity index (χ0n) is 15.3. The minimum Gasteiger partial charge on any atom is -0.508 e. The third-order valence-electron chi connectivity index (χ3n) is 5.42. The van der Waals surface area contributed by atoms with E-state index in [1.165, 1.54) is 36.8 Å². The van der Waals surface area contributed by atoms with Gasteiger partial charge in [0.2, 0.25) is 0 Å². The van der Waals surface area contributed by atoms with Gasteiger partial charge < -0.3 is 14.7 Å². The Morgan fingerprint density at radius 1 is 0.960 bits per heavy atom. The number of aryl methyl sites for hydroxylation is 1. The number of hydrogen-bond donors (Lipinski definition) is 1. The molecule has 1 fully saturated rings. The number of ether oxygens (including phenoxy) is 1. The van der Waals surface area contributed by atoms with Crippen molar-refractivity contribution in [1.29, 1.82) is 0 Å². The highest BCUT2D eigenvalue weighted by Crippen LogP contribution is 2.34. The quantitative estimate of drug-likeness (QED) is 0.825. The third kappa shape index (κ3) is 4.99. The van der Waals surface area contributed by atoms with Crippen LogP contribution in [0.3, 0.4) is 0 Å². The van der Waals surface area contributed by atoms with Gasteiger partial charge in [0, 0.05) is 12.6 Å². The predicted molar refractivity (Wildman–Crippen MR) is 102 cm³/mol. The first-order chi connectivity index (χ1) is 12.1. The third-order valence-corrected chi connectivity index (χ3v) is 5.42. The zero-order chi connectivity index (χ0) is 17.6. The van der Waals surface area contributed by atoms with Gasteiger partial charge in [0.25, 0.3) is 0 Å². The molecule has 1 aliphatic rings. The van der Waals surface area contributed by atoms with Crippen molar-refractivity contribution in [2.24, 2.45) is 0 Å². The van der Waals surface area contributed by atoms with E-state index in [9.17, 15) is 5.11 Å². The van der Waals surface area contributed by atoms with E-state index in [1.54, 1.807) is 12.1 Å². The van der Waals surface area contributed by atoms with E-state index < -0.39 is 0 Å². The highest BCUT2D eigenvalue weighted by molar-refractivity contribution is 5.28. The van der Waals surface area contributed by atoms with Crippen molar-refractivity contribution in [3.63, 3.8) is 0 Å². The molecule has 3 nitrogen and oxygen atoms in total. The molecule has 0 heterocycles. The summed E-state index contributed by atoms with van der Waals surface area (Å²) in [5.41, 5.74) is 2.62. The van der Waals surface area contributed by atoms with Gasteiger partial charge in [-0.05, 0) is 75.4 Å². The molecule has 0 amide bonds. The second-order valence-corrected chi connectivity index (χ2v) is 7.24. The Labute approximate surface area is 151 Å². The topological polar surface area (TPSA) is 32.7 Å². The number of nitrogens with zero attached hydrogens (tertiary/aromatic N) is 1. The van der Waals surface area contributed by atoms with Crippen LogP contribution in [0.15, 0.2) is 48.5 Å². The molecule has 0 unspecified atom stereocenters. The summed E-state index contributed by atoms with van der Waals surface area (Å²) in [5.74, 6) is 1.94. The van der Waals surface area contributed by atoms with Crippen molar-refractivity contribution in [1.82, 2.24) is 4.90 Å². The van der Waals surface area contributed by atoms with Crippen molar-refractivity contribution >= 4 is 0 Å². The first-order valence-corrected chi connectivity index (χ1v) is 9.30. The van der Waals surface area contributed by atoms with Crippen LogP contribution in [0, 0.1) is 6.92 Å². The van der Waals surface area contributed by atoms with Gasteiger partial charge in [-0.15, -0.1) is 0 Å². The number of phenolic OH excluding ortho intramolecular Hbond substituents is 1. The SMILES string of the molecule is Cc1ccc(OCCN(C)C2CCC(c3ccc(O)cc3)CC2)cc1. The molecule has 2 aromatic rings. The molecule has 0 saturated heterocycles. The fraction of sp³-hybridized carbons (Fsp3) is 0.455. The van der Waals surface area contributed by atoms with Crippen LogP contribution in [-0.2, 0) is 0 Å². The molecule has 3 rings (SSSR count). The minimum absolute atomic E-state index is 0.353. The summed E-state index contributed by atoms with van der Waals surface area (Å²) >= 11 is 0. The van der Waals surface area contributed by atoms with Gasteiger partial charge in [0.1, 0.15) is 18.1 Å². The maximum Gasteiger partial charge on any atom is 0.119 e. The van der Waals surface area contributed by atoms with Crippen molar-refractivity contribution in [2.75, 3.05) is 20.2 Å². The van der Waals surface area contributed by atoms with Crippen LogP contribution in [0.4, 0.5) is 0 Å². The van der Waals surface area contributed by atoms with Crippen LogP contribution in [0.25, 0.3) is 0 Å². The molecular formula is C22H29NO2. The van der Waals surface area contributed by atoms with Crippen LogP contribution in [0.1, 0.15) is 42.7 Å². The smallest absolute Gasteiger partial charge is 0.119 e. The predicted octanol–water partition coefficient (Wildman–Crippen LogP) is 4.74. The molecule has 2 aromatic carbocycles. The molecule has 1 aliphatic carbocycles. The maximum absolute atomic E-state index is 9.43. The lowest BCUT2D eigenvalue weighted by Gasteiger charge is -2.34. The maximum atomic E-state index is 9.43. The molecule has 0 bridgehead atoms. The summed E-state index contributed by atoms with van der Waals surface area (Å²) < 4.78 is 5.86. The molecule has 0 atom stereocenters. The molecule has 0 aromatic heterocycles.